The zero-order valence-electron chi connectivity index (χ0n) is 11.1. The quantitative estimate of drug-likeness (QED) is 0.669. The van der Waals surface area contributed by atoms with Gasteiger partial charge in [0, 0.05) is 0 Å². The summed E-state index contributed by atoms with van der Waals surface area (Å²) in [5, 5.41) is 0. The molecule has 1 nitrogen and oxygen atoms in total. The maximum Gasteiger partial charge on any atom is 0.143 e. The molecule has 0 N–H and O–H groups in total. The van der Waals surface area contributed by atoms with E-state index >= 15 is 0 Å². The van der Waals surface area contributed by atoms with Crippen molar-refractivity contribution in [3.63, 3.8) is 0 Å². The second-order valence-corrected chi connectivity index (χ2v) is 5.24. The molecule has 0 amide bonds. The van der Waals surface area contributed by atoms with Crippen molar-refractivity contribution in [3.05, 3.63) is 35.4 Å². The van der Waals surface area contributed by atoms with Crippen LogP contribution in [0, 0.1) is 0 Å². The molecule has 2 heteroatoms. The fraction of sp³-hybridized carbons (Fsp3) is 0.467. The molecule has 0 bridgehead atoms. The molecule has 94 valence electrons. The van der Waals surface area contributed by atoms with Gasteiger partial charge < -0.3 is 4.74 Å². The van der Waals surface area contributed by atoms with Crippen LogP contribution in [0.4, 0.5) is 0 Å². The van der Waals surface area contributed by atoms with Crippen molar-refractivity contribution in [1.29, 1.82) is 0 Å². The van der Waals surface area contributed by atoms with Gasteiger partial charge in [0.25, 0.3) is 0 Å². The molecule has 0 aliphatic carbocycles. The standard InChI is InChI=1S/C15H21BrO/c1-6-13-14(10(2)3)7-12(17-9-16)8-15(13)11(4)5/h6-8,10-11H,1,9H2,2-5H3. The van der Waals surface area contributed by atoms with Gasteiger partial charge in [0.1, 0.15) is 11.3 Å². The topological polar surface area (TPSA) is 9.23 Å². The summed E-state index contributed by atoms with van der Waals surface area (Å²) in [4.78, 5) is 0. The van der Waals surface area contributed by atoms with Gasteiger partial charge in [-0.05, 0) is 56.6 Å². The van der Waals surface area contributed by atoms with Gasteiger partial charge in [0.05, 0.1) is 0 Å². The first kappa shape index (κ1) is 14.3. The minimum atomic E-state index is 0.472. The molecule has 0 aromatic heterocycles. The zero-order valence-corrected chi connectivity index (χ0v) is 12.7. The number of alkyl halides is 1. The molecule has 1 rings (SSSR count). The predicted molar refractivity (Wildman–Crippen MR) is 79.1 cm³/mol. The summed E-state index contributed by atoms with van der Waals surface area (Å²) in [5.41, 5.74) is 4.40. The van der Waals surface area contributed by atoms with Crippen LogP contribution in [0.1, 0.15) is 56.2 Å². The molecule has 0 saturated carbocycles. The molecule has 0 atom stereocenters. The molecular weight excluding hydrogens is 276 g/mol. The first-order chi connectivity index (χ1) is 8.01. The summed E-state index contributed by atoms with van der Waals surface area (Å²) in [5.74, 6) is 1.87. The fourth-order valence-corrected chi connectivity index (χ4v) is 2.27. The summed E-state index contributed by atoms with van der Waals surface area (Å²) in [6.07, 6.45) is 1.96. The average Bonchev–Trinajstić information content (AvgIpc) is 2.28. The monoisotopic (exact) mass is 296 g/mol. The Morgan fingerprint density at radius 2 is 1.65 bits per heavy atom. The van der Waals surface area contributed by atoms with Crippen LogP contribution < -0.4 is 4.74 Å². The SMILES string of the molecule is C=Cc1c(C(C)C)cc(OCBr)cc1C(C)C. The normalized spacial score (nSPS) is 11.0. The van der Waals surface area contributed by atoms with Crippen molar-refractivity contribution in [2.24, 2.45) is 0 Å². The van der Waals surface area contributed by atoms with Crippen molar-refractivity contribution in [2.75, 3.05) is 5.52 Å². The smallest absolute Gasteiger partial charge is 0.143 e. The molecule has 0 saturated heterocycles. The number of ether oxygens (including phenoxy) is 1. The number of hydrogen-bond donors (Lipinski definition) is 0. The predicted octanol–water partition coefficient (Wildman–Crippen LogP) is 5.31. The van der Waals surface area contributed by atoms with E-state index in [1.165, 1.54) is 16.7 Å². The van der Waals surface area contributed by atoms with Crippen LogP contribution in [0.3, 0.4) is 0 Å². The van der Waals surface area contributed by atoms with Crippen molar-refractivity contribution in [1.82, 2.24) is 0 Å². The van der Waals surface area contributed by atoms with E-state index in [1.807, 2.05) is 6.08 Å². The lowest BCUT2D eigenvalue weighted by atomic mass is 9.88. The van der Waals surface area contributed by atoms with Crippen LogP contribution in [0.2, 0.25) is 0 Å². The van der Waals surface area contributed by atoms with Crippen LogP contribution in [-0.4, -0.2) is 5.52 Å². The van der Waals surface area contributed by atoms with Gasteiger partial charge in [0.2, 0.25) is 0 Å². The van der Waals surface area contributed by atoms with Crippen LogP contribution in [-0.2, 0) is 0 Å². The summed E-state index contributed by atoms with van der Waals surface area (Å²) < 4.78 is 5.57. The molecule has 0 radical (unpaired) electrons. The van der Waals surface area contributed by atoms with Crippen molar-refractivity contribution < 1.29 is 4.74 Å². The van der Waals surface area contributed by atoms with Crippen LogP contribution in [0.15, 0.2) is 18.7 Å². The highest BCUT2D eigenvalue weighted by Crippen LogP contribution is 2.33. The highest BCUT2D eigenvalue weighted by atomic mass is 79.9. The molecule has 0 aliphatic rings. The molecule has 0 heterocycles. The van der Waals surface area contributed by atoms with Crippen LogP contribution in [0.25, 0.3) is 6.08 Å². The Morgan fingerprint density at radius 1 is 1.18 bits per heavy atom. The summed E-state index contributed by atoms with van der Waals surface area (Å²) in [6, 6.07) is 4.24. The molecule has 0 spiro atoms. The van der Waals surface area contributed by atoms with Gasteiger partial charge >= 0.3 is 0 Å². The maximum absolute atomic E-state index is 5.57. The van der Waals surface area contributed by atoms with E-state index in [-0.39, 0.29) is 0 Å². The number of halogens is 1. The van der Waals surface area contributed by atoms with Gasteiger partial charge in [-0.15, -0.1) is 0 Å². The van der Waals surface area contributed by atoms with Gasteiger partial charge in [0.15, 0.2) is 0 Å². The van der Waals surface area contributed by atoms with Gasteiger partial charge in [-0.3, -0.25) is 0 Å². The molecule has 1 aromatic carbocycles. The van der Waals surface area contributed by atoms with E-state index in [0.717, 1.165) is 5.75 Å². The summed E-state index contributed by atoms with van der Waals surface area (Å²) >= 11 is 3.30. The lowest BCUT2D eigenvalue weighted by Crippen LogP contribution is -2.02. The third-order valence-corrected chi connectivity index (χ3v) is 3.12. The van der Waals surface area contributed by atoms with E-state index in [4.69, 9.17) is 4.74 Å². The Labute approximate surface area is 113 Å². The summed E-state index contributed by atoms with van der Waals surface area (Å²) in [7, 11) is 0. The molecule has 0 unspecified atom stereocenters. The fourth-order valence-electron chi connectivity index (χ4n) is 2.01. The first-order valence-corrected chi connectivity index (χ1v) is 7.12. The minimum absolute atomic E-state index is 0.472. The zero-order chi connectivity index (χ0) is 13.0. The highest BCUT2D eigenvalue weighted by molar-refractivity contribution is 9.09. The van der Waals surface area contributed by atoms with Crippen molar-refractivity contribution >= 4 is 22.0 Å². The minimum Gasteiger partial charge on any atom is -0.482 e. The van der Waals surface area contributed by atoms with Crippen LogP contribution >= 0.6 is 15.9 Å². The Hall–Kier alpha value is -0.760. The average molecular weight is 297 g/mol. The maximum atomic E-state index is 5.57. The Morgan fingerprint density at radius 3 is 1.94 bits per heavy atom. The molecule has 0 aliphatic heterocycles. The number of rotatable bonds is 5. The van der Waals surface area contributed by atoms with Crippen LogP contribution in [0.5, 0.6) is 5.75 Å². The van der Waals surface area contributed by atoms with Crippen molar-refractivity contribution in [2.45, 2.75) is 39.5 Å². The lowest BCUT2D eigenvalue weighted by Gasteiger charge is -2.19. The Kier molecular flexibility index (Phi) is 5.26. The molecule has 17 heavy (non-hydrogen) atoms. The third kappa shape index (κ3) is 3.35. The van der Waals surface area contributed by atoms with Gasteiger partial charge in [-0.2, -0.15) is 0 Å². The van der Waals surface area contributed by atoms with E-state index in [0.29, 0.717) is 17.4 Å². The molecular formula is C15H21BrO. The van der Waals surface area contributed by atoms with Crippen molar-refractivity contribution in [3.8, 4) is 5.75 Å². The Balaban J connectivity index is 3.40. The Bertz CT molecular complexity index is 365. The lowest BCUT2D eigenvalue weighted by molar-refractivity contribution is 0.396. The second-order valence-electron chi connectivity index (χ2n) is 4.78. The van der Waals surface area contributed by atoms with Gasteiger partial charge in [-0.25, -0.2) is 0 Å². The van der Waals surface area contributed by atoms with E-state index < -0.39 is 0 Å². The molecule has 1 aromatic rings. The number of benzene rings is 1. The van der Waals surface area contributed by atoms with E-state index in [1.54, 1.807) is 0 Å². The van der Waals surface area contributed by atoms with Gasteiger partial charge in [-0.1, -0.05) is 40.3 Å². The highest BCUT2D eigenvalue weighted by Gasteiger charge is 2.14. The van der Waals surface area contributed by atoms with E-state index in [9.17, 15) is 0 Å². The number of hydrogen-bond acceptors (Lipinski definition) is 1. The first-order valence-electron chi connectivity index (χ1n) is 6.00. The third-order valence-electron chi connectivity index (χ3n) is 2.89. The second kappa shape index (κ2) is 6.25. The largest absolute Gasteiger partial charge is 0.482 e. The van der Waals surface area contributed by atoms with E-state index in [2.05, 4.69) is 62.3 Å². The molecule has 0 fully saturated rings. The summed E-state index contributed by atoms with van der Waals surface area (Å²) in [6.45, 7) is 12.7.